The van der Waals surface area contributed by atoms with E-state index >= 15 is 0 Å². The summed E-state index contributed by atoms with van der Waals surface area (Å²) in [5.41, 5.74) is 1.23. The Morgan fingerprint density at radius 2 is 2.15 bits per heavy atom. The van der Waals surface area contributed by atoms with Crippen LogP contribution >= 0.6 is 0 Å². The van der Waals surface area contributed by atoms with Crippen molar-refractivity contribution in [1.29, 1.82) is 0 Å². The van der Waals surface area contributed by atoms with E-state index in [-0.39, 0.29) is 18.6 Å². The summed E-state index contributed by atoms with van der Waals surface area (Å²) in [6.07, 6.45) is 4.24. The van der Waals surface area contributed by atoms with Gasteiger partial charge in [0.2, 0.25) is 0 Å². The van der Waals surface area contributed by atoms with Gasteiger partial charge in [0.05, 0.1) is 6.61 Å². The molecule has 0 saturated heterocycles. The lowest BCUT2D eigenvalue weighted by molar-refractivity contribution is 0.0904. The minimum absolute atomic E-state index is 0.167. The average molecular weight is 357 g/mol. The van der Waals surface area contributed by atoms with Crippen LogP contribution in [0.3, 0.4) is 0 Å². The smallest absolute Gasteiger partial charge is 0.273 e. The molecule has 0 aliphatic heterocycles. The summed E-state index contributed by atoms with van der Waals surface area (Å²) in [4.78, 5) is 14.7. The van der Waals surface area contributed by atoms with Crippen molar-refractivity contribution in [2.24, 2.45) is 5.92 Å². The third-order valence-electron chi connectivity index (χ3n) is 4.97. The molecule has 0 radical (unpaired) electrons. The number of hydrogen-bond acceptors (Lipinski definition) is 5. The van der Waals surface area contributed by atoms with Crippen LogP contribution in [0.4, 0.5) is 0 Å². The van der Waals surface area contributed by atoms with Gasteiger partial charge >= 0.3 is 0 Å². The molecule has 0 unspecified atom stereocenters. The van der Waals surface area contributed by atoms with Crippen LogP contribution in [0.25, 0.3) is 11.3 Å². The molecule has 1 aliphatic carbocycles. The van der Waals surface area contributed by atoms with Crippen LogP contribution in [0.1, 0.15) is 36.2 Å². The zero-order chi connectivity index (χ0) is 18.4. The summed E-state index contributed by atoms with van der Waals surface area (Å²) in [6.45, 7) is 1.82. The first kappa shape index (κ1) is 18.6. The number of benzene rings is 1. The first-order valence-corrected chi connectivity index (χ1v) is 9.28. The molecular formula is C20H27N3O3. The second kappa shape index (κ2) is 8.96. The van der Waals surface area contributed by atoms with Crippen LogP contribution in [0.15, 0.2) is 40.9 Å². The number of amides is 1. The Kier molecular flexibility index (Phi) is 6.41. The Morgan fingerprint density at radius 1 is 1.35 bits per heavy atom. The Balaban J connectivity index is 1.55. The maximum Gasteiger partial charge on any atom is 0.273 e. The minimum atomic E-state index is -0.176. The van der Waals surface area contributed by atoms with E-state index < -0.39 is 0 Å². The topological polar surface area (TPSA) is 78.6 Å². The SMILES string of the molecule is CN(CCO)C[C@@H]1CCC[C@H](NC(=O)c2cc(-c3ccccc3)on2)C1. The van der Waals surface area contributed by atoms with Crippen molar-refractivity contribution in [3.05, 3.63) is 42.1 Å². The molecule has 6 nitrogen and oxygen atoms in total. The first-order valence-electron chi connectivity index (χ1n) is 9.28. The monoisotopic (exact) mass is 357 g/mol. The summed E-state index contributed by atoms with van der Waals surface area (Å²) in [5, 5.41) is 16.1. The van der Waals surface area contributed by atoms with Crippen LogP contribution < -0.4 is 5.32 Å². The fourth-order valence-corrected chi connectivity index (χ4v) is 3.67. The molecule has 1 heterocycles. The predicted molar refractivity (Wildman–Crippen MR) is 99.7 cm³/mol. The lowest BCUT2D eigenvalue weighted by Gasteiger charge is -2.32. The second-order valence-electron chi connectivity index (χ2n) is 7.13. The van der Waals surface area contributed by atoms with Crippen LogP contribution in [-0.2, 0) is 0 Å². The molecule has 6 heteroatoms. The summed E-state index contributed by atoms with van der Waals surface area (Å²) < 4.78 is 5.32. The summed E-state index contributed by atoms with van der Waals surface area (Å²) >= 11 is 0. The maximum absolute atomic E-state index is 12.5. The van der Waals surface area contributed by atoms with E-state index in [1.807, 2.05) is 37.4 Å². The molecule has 2 N–H and O–H groups in total. The van der Waals surface area contributed by atoms with E-state index in [0.717, 1.165) is 31.4 Å². The molecule has 1 aromatic carbocycles. The van der Waals surface area contributed by atoms with Crippen LogP contribution in [-0.4, -0.2) is 53.9 Å². The van der Waals surface area contributed by atoms with Crippen LogP contribution in [0.5, 0.6) is 0 Å². The molecule has 1 aliphatic rings. The lowest BCUT2D eigenvalue weighted by Crippen LogP contribution is -2.41. The molecule has 0 spiro atoms. The number of carbonyl (C=O) groups is 1. The molecule has 3 rings (SSSR count). The number of likely N-dealkylation sites (N-methyl/N-ethyl adjacent to an activating group) is 1. The molecule has 1 aromatic heterocycles. The predicted octanol–water partition coefficient (Wildman–Crippen LogP) is 2.55. The maximum atomic E-state index is 12.5. The van der Waals surface area contributed by atoms with Crippen molar-refractivity contribution >= 4 is 5.91 Å². The van der Waals surface area contributed by atoms with Gasteiger partial charge in [-0.15, -0.1) is 0 Å². The standard InChI is InChI=1S/C20H27N3O3/c1-23(10-11-24)14-15-6-5-9-17(12-15)21-20(25)18-13-19(26-22-18)16-7-3-2-4-8-16/h2-4,7-8,13,15,17,24H,5-6,9-12,14H2,1H3,(H,21,25)/t15-,17+/m1/s1. The molecule has 1 amide bonds. The highest BCUT2D eigenvalue weighted by Crippen LogP contribution is 2.25. The number of rotatable bonds is 7. The molecule has 140 valence electrons. The number of aliphatic hydroxyl groups excluding tert-OH is 1. The third kappa shape index (κ3) is 4.93. The summed E-state index contributed by atoms with van der Waals surface area (Å²) in [7, 11) is 2.03. The second-order valence-corrected chi connectivity index (χ2v) is 7.13. The van der Waals surface area contributed by atoms with Crippen molar-refractivity contribution in [1.82, 2.24) is 15.4 Å². The summed E-state index contributed by atoms with van der Waals surface area (Å²) in [6, 6.07) is 11.5. The highest BCUT2D eigenvalue weighted by Gasteiger charge is 2.25. The zero-order valence-electron chi connectivity index (χ0n) is 15.2. The zero-order valence-corrected chi connectivity index (χ0v) is 15.2. The average Bonchev–Trinajstić information content (AvgIpc) is 3.13. The molecule has 2 atom stereocenters. The largest absolute Gasteiger partial charge is 0.395 e. The Hall–Kier alpha value is -2.18. The Morgan fingerprint density at radius 3 is 2.92 bits per heavy atom. The molecule has 2 aromatic rings. The molecule has 0 bridgehead atoms. The van der Waals surface area contributed by atoms with Crippen molar-refractivity contribution in [2.75, 3.05) is 26.7 Å². The molecule has 1 fully saturated rings. The highest BCUT2D eigenvalue weighted by molar-refractivity contribution is 5.93. The van der Waals surface area contributed by atoms with Gasteiger partial charge in [-0.2, -0.15) is 0 Å². The lowest BCUT2D eigenvalue weighted by atomic mass is 9.85. The van der Waals surface area contributed by atoms with E-state index in [1.54, 1.807) is 6.07 Å². The van der Waals surface area contributed by atoms with E-state index in [0.29, 0.717) is 23.9 Å². The van der Waals surface area contributed by atoms with Gasteiger partial charge < -0.3 is 19.8 Å². The van der Waals surface area contributed by atoms with E-state index in [9.17, 15) is 4.79 Å². The van der Waals surface area contributed by atoms with Gasteiger partial charge in [0.1, 0.15) is 0 Å². The minimum Gasteiger partial charge on any atom is -0.395 e. The van der Waals surface area contributed by atoms with Gasteiger partial charge in [-0.3, -0.25) is 4.79 Å². The van der Waals surface area contributed by atoms with Crippen molar-refractivity contribution in [2.45, 2.75) is 31.7 Å². The normalized spacial score (nSPS) is 20.3. The molecule has 1 saturated carbocycles. The number of hydrogen-bond donors (Lipinski definition) is 2. The molecule has 26 heavy (non-hydrogen) atoms. The highest BCUT2D eigenvalue weighted by atomic mass is 16.5. The van der Waals surface area contributed by atoms with E-state index in [4.69, 9.17) is 9.63 Å². The van der Waals surface area contributed by atoms with E-state index in [2.05, 4.69) is 15.4 Å². The summed E-state index contributed by atoms with van der Waals surface area (Å²) in [5.74, 6) is 0.969. The van der Waals surface area contributed by atoms with Crippen LogP contribution in [0.2, 0.25) is 0 Å². The van der Waals surface area contributed by atoms with Crippen LogP contribution in [0, 0.1) is 5.92 Å². The quantitative estimate of drug-likeness (QED) is 0.796. The van der Waals surface area contributed by atoms with Crippen molar-refractivity contribution in [3.63, 3.8) is 0 Å². The number of nitrogens with zero attached hydrogens (tertiary/aromatic N) is 2. The van der Waals surface area contributed by atoms with Gasteiger partial charge in [0.25, 0.3) is 5.91 Å². The number of carbonyl (C=O) groups excluding carboxylic acids is 1. The van der Waals surface area contributed by atoms with Gasteiger partial charge in [0.15, 0.2) is 11.5 Å². The first-order chi connectivity index (χ1) is 12.7. The van der Waals surface area contributed by atoms with Gasteiger partial charge in [-0.1, -0.05) is 41.9 Å². The Labute approximate surface area is 154 Å². The number of aliphatic hydroxyl groups is 1. The Bertz CT molecular complexity index is 701. The van der Waals surface area contributed by atoms with Gasteiger partial charge in [-0.05, 0) is 32.2 Å². The van der Waals surface area contributed by atoms with Crippen molar-refractivity contribution in [3.8, 4) is 11.3 Å². The van der Waals surface area contributed by atoms with E-state index in [1.165, 1.54) is 6.42 Å². The van der Waals surface area contributed by atoms with Gasteiger partial charge in [-0.25, -0.2) is 0 Å². The number of aromatic nitrogens is 1. The fraction of sp³-hybridized carbons (Fsp3) is 0.500. The molecular weight excluding hydrogens is 330 g/mol. The fourth-order valence-electron chi connectivity index (χ4n) is 3.67. The van der Waals surface area contributed by atoms with Crippen molar-refractivity contribution < 1.29 is 14.4 Å². The third-order valence-corrected chi connectivity index (χ3v) is 4.97. The van der Waals surface area contributed by atoms with Gasteiger partial charge in [0, 0.05) is 30.8 Å². The number of nitrogens with one attached hydrogen (secondary N) is 1.